The van der Waals surface area contributed by atoms with Crippen LogP contribution >= 0.6 is 0 Å². The molecule has 1 radical (unpaired) electrons. The largest absolute Gasteiger partial charge is 0.346 e. The summed E-state index contributed by atoms with van der Waals surface area (Å²) in [4.78, 5) is 0. The van der Waals surface area contributed by atoms with Crippen molar-refractivity contribution in [1.29, 1.82) is 0 Å². The summed E-state index contributed by atoms with van der Waals surface area (Å²) in [6.45, 7) is 6.11. The molecule has 0 spiro atoms. The van der Waals surface area contributed by atoms with Gasteiger partial charge in [-0.2, -0.15) is 0 Å². The van der Waals surface area contributed by atoms with Gasteiger partial charge in [0.25, 0.3) is 0 Å². The highest BCUT2D eigenvalue weighted by Gasteiger charge is 2.32. The Labute approximate surface area is 75.1 Å². The zero-order chi connectivity index (χ0) is 9.61. The number of hydrogen-bond acceptors (Lipinski definition) is 4. The fourth-order valence-electron chi connectivity index (χ4n) is 1.19. The number of likely N-dealkylation sites (N-methyl/N-ethyl adjacent to an activating group) is 3. The van der Waals surface area contributed by atoms with Crippen LogP contribution in [0.4, 0.5) is 0 Å². The van der Waals surface area contributed by atoms with E-state index in [1.807, 2.05) is 28.1 Å². The van der Waals surface area contributed by atoms with Gasteiger partial charge in [-0.25, -0.2) is 0 Å². The van der Waals surface area contributed by atoms with Crippen molar-refractivity contribution in [2.75, 3.05) is 27.7 Å². The topological polar surface area (TPSA) is 45.3 Å². The Bertz CT molecular complexity index is 115. The summed E-state index contributed by atoms with van der Waals surface area (Å²) in [7, 11) is 5.58. The van der Waals surface area contributed by atoms with Gasteiger partial charge in [0.1, 0.15) is 0 Å². The first-order valence-electron chi connectivity index (χ1n) is 4.15. The quantitative estimate of drug-likeness (QED) is 0.477. The van der Waals surface area contributed by atoms with Gasteiger partial charge in [0.15, 0.2) is 5.85 Å². The minimum absolute atomic E-state index is 0.161. The van der Waals surface area contributed by atoms with Crippen molar-refractivity contribution in [2.45, 2.75) is 18.8 Å². The van der Waals surface area contributed by atoms with Crippen molar-refractivity contribution in [2.24, 2.45) is 0 Å². The molecule has 0 rings (SSSR count). The van der Waals surface area contributed by atoms with E-state index in [2.05, 4.69) is 22.9 Å². The molecule has 0 bridgehead atoms. The molecule has 1 atom stereocenters. The maximum atomic E-state index is 5.48. The second-order valence-corrected chi connectivity index (χ2v) is 2.59. The van der Waals surface area contributed by atoms with Gasteiger partial charge in [-0.15, -0.1) is 0 Å². The van der Waals surface area contributed by atoms with E-state index in [-0.39, 0.29) is 6.04 Å². The van der Waals surface area contributed by atoms with Crippen molar-refractivity contribution in [1.82, 2.24) is 16.0 Å². The second-order valence-electron chi connectivity index (χ2n) is 2.59. The second kappa shape index (κ2) is 5.48. The lowest BCUT2D eigenvalue weighted by atomic mass is 10.2. The Morgan fingerprint density at radius 3 is 2.08 bits per heavy atom. The van der Waals surface area contributed by atoms with Crippen molar-refractivity contribution < 1.29 is 4.74 Å². The molecule has 0 saturated carbocycles. The Hall–Kier alpha value is -0.160. The van der Waals surface area contributed by atoms with Crippen LogP contribution in [0, 0.1) is 6.92 Å². The summed E-state index contributed by atoms with van der Waals surface area (Å²) in [6, 6.07) is 0.161. The molecule has 0 aliphatic carbocycles. The van der Waals surface area contributed by atoms with Crippen LogP contribution in [0.15, 0.2) is 0 Å². The predicted octanol–water partition coefficient (Wildman–Crippen LogP) is -0.462. The Morgan fingerprint density at radius 2 is 1.83 bits per heavy atom. The molecule has 0 aromatic carbocycles. The van der Waals surface area contributed by atoms with Crippen LogP contribution in [0.2, 0.25) is 0 Å². The molecule has 0 saturated heterocycles. The first-order valence-corrected chi connectivity index (χ1v) is 4.15. The molecule has 0 aliphatic rings. The molecule has 12 heavy (non-hydrogen) atoms. The van der Waals surface area contributed by atoms with Crippen LogP contribution in [0.1, 0.15) is 6.92 Å². The van der Waals surface area contributed by atoms with E-state index >= 15 is 0 Å². The van der Waals surface area contributed by atoms with Crippen LogP contribution in [0.25, 0.3) is 0 Å². The monoisotopic (exact) mass is 174 g/mol. The van der Waals surface area contributed by atoms with Gasteiger partial charge in [0.2, 0.25) is 0 Å². The normalized spacial score (nSPS) is 14.8. The minimum Gasteiger partial charge on any atom is -0.346 e. The Morgan fingerprint density at radius 1 is 1.33 bits per heavy atom. The molecule has 3 N–H and O–H groups in total. The van der Waals surface area contributed by atoms with E-state index in [9.17, 15) is 0 Å². The zero-order valence-corrected chi connectivity index (χ0v) is 8.40. The average Bonchev–Trinajstić information content (AvgIpc) is 2.13. The lowest BCUT2D eigenvalue weighted by Gasteiger charge is -2.37. The first kappa shape index (κ1) is 11.8. The lowest BCUT2D eigenvalue weighted by molar-refractivity contribution is -0.0959. The SMILES string of the molecule is [CH2]COC(NC)(NC)C(C)NC. The smallest absolute Gasteiger partial charge is 0.189 e. The summed E-state index contributed by atoms with van der Waals surface area (Å²) < 4.78 is 5.48. The molecule has 0 fully saturated rings. The molecule has 0 aromatic heterocycles. The number of hydrogen-bond donors (Lipinski definition) is 3. The number of rotatable bonds is 6. The van der Waals surface area contributed by atoms with E-state index in [1.54, 1.807) is 0 Å². The maximum absolute atomic E-state index is 5.48. The summed E-state index contributed by atoms with van der Waals surface area (Å²) in [5, 5.41) is 9.28. The van der Waals surface area contributed by atoms with Crippen LogP contribution < -0.4 is 16.0 Å². The van der Waals surface area contributed by atoms with Crippen molar-refractivity contribution in [3.63, 3.8) is 0 Å². The molecular formula is C8H20N3O. The van der Waals surface area contributed by atoms with E-state index in [0.29, 0.717) is 6.61 Å². The van der Waals surface area contributed by atoms with Gasteiger partial charge in [-0.3, -0.25) is 10.6 Å². The van der Waals surface area contributed by atoms with Gasteiger partial charge in [0.05, 0.1) is 12.6 Å². The summed E-state index contributed by atoms with van der Waals surface area (Å²) in [5.74, 6) is -0.531. The third-order valence-electron chi connectivity index (χ3n) is 2.12. The van der Waals surface area contributed by atoms with Crippen LogP contribution in [0.3, 0.4) is 0 Å². The van der Waals surface area contributed by atoms with E-state index in [0.717, 1.165) is 0 Å². The standard InChI is InChI=1S/C8H20N3O/c1-6-12-8(10-4,11-5)7(2)9-3/h7,9-11H,1,6H2,2-5H3. The Balaban J connectivity index is 4.33. The number of nitrogens with one attached hydrogen (secondary N) is 3. The number of ether oxygens (including phenoxy) is 1. The minimum atomic E-state index is -0.531. The van der Waals surface area contributed by atoms with Crippen LogP contribution in [-0.2, 0) is 4.74 Å². The first-order chi connectivity index (χ1) is 5.66. The Kier molecular flexibility index (Phi) is 5.41. The van der Waals surface area contributed by atoms with Crippen molar-refractivity contribution >= 4 is 0 Å². The van der Waals surface area contributed by atoms with E-state index in [1.165, 1.54) is 0 Å². The molecule has 1 unspecified atom stereocenters. The average molecular weight is 174 g/mol. The molecule has 73 valence electrons. The van der Waals surface area contributed by atoms with Gasteiger partial charge >= 0.3 is 0 Å². The predicted molar refractivity (Wildman–Crippen MR) is 50.7 cm³/mol. The third kappa shape index (κ3) is 2.42. The molecule has 4 nitrogen and oxygen atoms in total. The highest BCUT2D eigenvalue weighted by Crippen LogP contribution is 2.06. The van der Waals surface area contributed by atoms with Gasteiger partial charge in [-0.05, 0) is 35.0 Å². The van der Waals surface area contributed by atoms with E-state index < -0.39 is 5.85 Å². The van der Waals surface area contributed by atoms with E-state index in [4.69, 9.17) is 4.74 Å². The molecule has 0 aromatic rings. The van der Waals surface area contributed by atoms with Crippen LogP contribution in [0.5, 0.6) is 0 Å². The summed E-state index contributed by atoms with van der Waals surface area (Å²) in [6.07, 6.45) is 0. The van der Waals surface area contributed by atoms with Gasteiger partial charge in [0, 0.05) is 0 Å². The van der Waals surface area contributed by atoms with Crippen molar-refractivity contribution in [3.05, 3.63) is 6.92 Å². The summed E-state index contributed by atoms with van der Waals surface area (Å²) >= 11 is 0. The zero-order valence-electron chi connectivity index (χ0n) is 8.40. The highest BCUT2D eigenvalue weighted by atomic mass is 16.5. The molecule has 4 heteroatoms. The molecule has 0 heterocycles. The fraction of sp³-hybridized carbons (Fsp3) is 0.875. The molecule has 0 aliphatic heterocycles. The molecular weight excluding hydrogens is 154 g/mol. The summed E-state index contributed by atoms with van der Waals surface area (Å²) in [5.41, 5.74) is 0. The van der Waals surface area contributed by atoms with Gasteiger partial charge < -0.3 is 10.1 Å². The highest BCUT2D eigenvalue weighted by molar-refractivity contribution is 4.83. The third-order valence-corrected chi connectivity index (χ3v) is 2.12. The maximum Gasteiger partial charge on any atom is 0.189 e. The van der Waals surface area contributed by atoms with Gasteiger partial charge in [-0.1, -0.05) is 0 Å². The fourth-order valence-corrected chi connectivity index (χ4v) is 1.19. The lowest BCUT2D eigenvalue weighted by Crippen LogP contribution is -2.66. The van der Waals surface area contributed by atoms with Crippen molar-refractivity contribution in [3.8, 4) is 0 Å². The molecule has 0 amide bonds. The van der Waals surface area contributed by atoms with Crippen LogP contribution in [-0.4, -0.2) is 39.6 Å².